The molecule has 0 aliphatic heterocycles. The van der Waals surface area contributed by atoms with E-state index in [0.29, 0.717) is 27.6 Å². The molecule has 1 N–H and O–H groups in total. The lowest BCUT2D eigenvalue weighted by molar-refractivity contribution is -0.384. The van der Waals surface area contributed by atoms with Crippen molar-refractivity contribution < 1.29 is 14.5 Å². The molecule has 0 unspecified atom stereocenters. The number of hydrogen-bond acceptors (Lipinski definition) is 7. The number of benzene rings is 3. The minimum atomic E-state index is -0.582. The molecule has 3 aromatic carbocycles. The van der Waals surface area contributed by atoms with Crippen LogP contribution in [0.1, 0.15) is 31.9 Å². The molecule has 0 radical (unpaired) electrons. The van der Waals surface area contributed by atoms with Crippen molar-refractivity contribution in [3.05, 3.63) is 100 Å². The quantitative estimate of drug-likeness (QED) is 0.139. The van der Waals surface area contributed by atoms with Crippen LogP contribution in [-0.2, 0) is 10.2 Å². The molecule has 0 aliphatic rings. The van der Waals surface area contributed by atoms with Crippen LogP contribution in [0.4, 0.5) is 11.4 Å². The molecule has 8 nitrogen and oxygen atoms in total. The third kappa shape index (κ3) is 6.47. The summed E-state index contributed by atoms with van der Waals surface area (Å²) >= 11 is 1.11. The lowest BCUT2D eigenvalue weighted by Gasteiger charge is -2.19. The lowest BCUT2D eigenvalue weighted by Crippen LogP contribution is -2.15. The van der Waals surface area contributed by atoms with E-state index >= 15 is 0 Å². The number of amides is 1. The number of rotatable bonds is 8. The Morgan fingerprint density at radius 3 is 2.35 bits per heavy atom. The summed E-state index contributed by atoms with van der Waals surface area (Å²) in [6.45, 7) is 6.43. The zero-order valence-electron chi connectivity index (χ0n) is 22.6. The number of pyridine rings is 1. The molecule has 9 heteroatoms. The fourth-order valence-corrected chi connectivity index (χ4v) is 4.89. The van der Waals surface area contributed by atoms with Crippen molar-refractivity contribution in [3.8, 4) is 34.2 Å². The third-order valence-corrected chi connectivity index (χ3v) is 7.22. The van der Waals surface area contributed by atoms with E-state index < -0.39 is 10.8 Å². The fraction of sp³-hybridized carbons (Fsp3) is 0.194. The molecule has 0 aliphatic carbocycles. The van der Waals surface area contributed by atoms with Crippen molar-refractivity contribution >= 4 is 29.0 Å². The molecule has 1 aromatic heterocycles. The van der Waals surface area contributed by atoms with Crippen LogP contribution in [0.25, 0.3) is 22.4 Å². The number of carbonyl (C=O) groups is 1. The number of methoxy groups -OCH3 is 1. The summed E-state index contributed by atoms with van der Waals surface area (Å²) in [7, 11) is 1.41. The molecular weight excluding hydrogens is 524 g/mol. The Hall–Kier alpha value is -4.68. The van der Waals surface area contributed by atoms with Gasteiger partial charge >= 0.3 is 0 Å². The Kier molecular flexibility index (Phi) is 8.51. The number of aromatic nitrogens is 1. The summed E-state index contributed by atoms with van der Waals surface area (Å²) in [4.78, 5) is 28.5. The van der Waals surface area contributed by atoms with Crippen LogP contribution in [0, 0.1) is 21.4 Å². The number of anilines is 1. The maximum absolute atomic E-state index is 12.9. The second-order valence-corrected chi connectivity index (χ2v) is 11.0. The van der Waals surface area contributed by atoms with Gasteiger partial charge in [0.25, 0.3) is 5.69 Å². The van der Waals surface area contributed by atoms with Crippen molar-refractivity contribution in [2.24, 2.45) is 0 Å². The van der Waals surface area contributed by atoms with E-state index in [2.05, 4.69) is 44.3 Å². The summed E-state index contributed by atoms with van der Waals surface area (Å²) in [5, 5.41) is 24.7. The highest BCUT2D eigenvalue weighted by Gasteiger charge is 2.21. The van der Waals surface area contributed by atoms with Crippen LogP contribution in [0.15, 0.2) is 83.9 Å². The first-order valence-corrected chi connectivity index (χ1v) is 13.5. The largest absolute Gasteiger partial charge is 0.496 e. The fourth-order valence-electron chi connectivity index (χ4n) is 4.08. The maximum Gasteiger partial charge on any atom is 0.296 e. The van der Waals surface area contributed by atoms with E-state index in [9.17, 15) is 20.2 Å². The van der Waals surface area contributed by atoms with Crippen LogP contribution < -0.4 is 10.1 Å². The lowest BCUT2D eigenvalue weighted by atomic mass is 9.86. The van der Waals surface area contributed by atoms with Crippen molar-refractivity contribution in [1.82, 2.24) is 4.98 Å². The maximum atomic E-state index is 12.9. The highest BCUT2D eigenvalue weighted by atomic mass is 32.2. The first kappa shape index (κ1) is 28.3. The molecular formula is C31H28N4O4S. The van der Waals surface area contributed by atoms with Crippen LogP contribution in [0.3, 0.4) is 0 Å². The van der Waals surface area contributed by atoms with Crippen molar-refractivity contribution in [3.63, 3.8) is 0 Å². The van der Waals surface area contributed by atoms with Gasteiger partial charge in [0.05, 0.1) is 35.1 Å². The Labute approximate surface area is 237 Å². The van der Waals surface area contributed by atoms with E-state index in [1.165, 1.54) is 30.9 Å². The second-order valence-electron chi connectivity index (χ2n) is 10.0. The van der Waals surface area contributed by atoms with Gasteiger partial charge in [-0.2, -0.15) is 5.26 Å². The van der Waals surface area contributed by atoms with Crippen LogP contribution in [0.2, 0.25) is 0 Å². The average Bonchev–Trinajstić information content (AvgIpc) is 2.95. The first-order chi connectivity index (χ1) is 19.1. The Bertz CT molecular complexity index is 1590. The molecule has 1 heterocycles. The minimum absolute atomic E-state index is 0.0165. The predicted octanol–water partition coefficient (Wildman–Crippen LogP) is 7.23. The predicted molar refractivity (Wildman–Crippen MR) is 158 cm³/mol. The zero-order chi connectivity index (χ0) is 28.9. The standard InChI is InChI=1S/C31H28N4O4S/c1-31(2,3)22-12-10-20(11-13-22)24-17-27(21-8-6-5-7-9-21)34-30(25(24)18-32)40-19-29(36)33-26-15-14-23(39-4)16-28(26)35(37)38/h5-17H,19H2,1-4H3,(H,33,36). The van der Waals surface area contributed by atoms with Gasteiger partial charge < -0.3 is 10.1 Å². The topological polar surface area (TPSA) is 118 Å². The van der Waals surface area contributed by atoms with Gasteiger partial charge in [0.2, 0.25) is 5.91 Å². The van der Waals surface area contributed by atoms with Crippen LogP contribution in [0.5, 0.6) is 5.75 Å². The summed E-state index contributed by atoms with van der Waals surface area (Å²) in [5.41, 5.74) is 4.42. The number of carbonyl (C=O) groups excluding carboxylic acids is 1. The molecule has 4 aromatic rings. The Balaban J connectivity index is 1.68. The zero-order valence-corrected chi connectivity index (χ0v) is 23.4. The molecule has 0 atom stereocenters. The highest BCUT2D eigenvalue weighted by molar-refractivity contribution is 8.00. The van der Waals surface area contributed by atoms with E-state index in [1.807, 2.05) is 48.5 Å². The van der Waals surface area contributed by atoms with Gasteiger partial charge in [0.15, 0.2) is 0 Å². The molecule has 0 spiro atoms. The van der Waals surface area contributed by atoms with E-state index in [0.717, 1.165) is 22.9 Å². The first-order valence-electron chi connectivity index (χ1n) is 12.5. The number of nitriles is 1. The molecule has 40 heavy (non-hydrogen) atoms. The van der Waals surface area contributed by atoms with Gasteiger partial charge in [-0.1, -0.05) is 87.1 Å². The smallest absolute Gasteiger partial charge is 0.296 e. The molecule has 0 bridgehead atoms. The molecule has 4 rings (SSSR count). The average molecular weight is 553 g/mol. The number of thioether (sulfide) groups is 1. The normalized spacial score (nSPS) is 11.0. The summed E-state index contributed by atoms with van der Waals surface area (Å²) < 4.78 is 5.05. The van der Waals surface area contributed by atoms with Crippen molar-refractivity contribution in [2.75, 3.05) is 18.2 Å². The van der Waals surface area contributed by atoms with Crippen molar-refractivity contribution in [2.45, 2.75) is 31.2 Å². The van der Waals surface area contributed by atoms with Crippen LogP contribution in [-0.4, -0.2) is 28.7 Å². The van der Waals surface area contributed by atoms with Gasteiger partial charge in [0.1, 0.15) is 22.5 Å². The molecule has 1 amide bonds. The Morgan fingerprint density at radius 1 is 1.05 bits per heavy atom. The summed E-state index contributed by atoms with van der Waals surface area (Å²) in [5.74, 6) is -0.265. The summed E-state index contributed by atoms with van der Waals surface area (Å²) in [6.07, 6.45) is 0. The van der Waals surface area contributed by atoms with E-state index in [4.69, 9.17) is 9.72 Å². The number of nitro benzene ring substituents is 1. The van der Waals surface area contributed by atoms with Crippen molar-refractivity contribution in [1.29, 1.82) is 5.26 Å². The van der Waals surface area contributed by atoms with Gasteiger partial charge in [-0.3, -0.25) is 14.9 Å². The van der Waals surface area contributed by atoms with E-state index in [-0.39, 0.29) is 22.5 Å². The number of ether oxygens (including phenoxy) is 1. The monoisotopic (exact) mass is 552 g/mol. The molecule has 0 saturated carbocycles. The third-order valence-electron chi connectivity index (χ3n) is 6.25. The van der Waals surface area contributed by atoms with E-state index in [1.54, 1.807) is 0 Å². The number of nitrogens with one attached hydrogen (secondary N) is 1. The minimum Gasteiger partial charge on any atom is -0.496 e. The van der Waals surface area contributed by atoms with Gasteiger partial charge in [-0.25, -0.2) is 4.98 Å². The number of hydrogen-bond donors (Lipinski definition) is 1. The summed E-state index contributed by atoms with van der Waals surface area (Å²) in [6, 6.07) is 26.1. The van der Waals surface area contributed by atoms with Gasteiger partial charge in [0, 0.05) is 11.1 Å². The molecule has 0 saturated heterocycles. The number of nitro groups is 1. The molecule has 202 valence electrons. The number of nitrogens with zero attached hydrogens (tertiary/aromatic N) is 3. The van der Waals surface area contributed by atoms with Crippen LogP contribution >= 0.6 is 11.8 Å². The molecule has 0 fully saturated rings. The highest BCUT2D eigenvalue weighted by Crippen LogP contribution is 2.36. The second kappa shape index (κ2) is 12.0. The van der Waals surface area contributed by atoms with Gasteiger partial charge in [-0.15, -0.1) is 0 Å². The van der Waals surface area contributed by atoms with Gasteiger partial charge in [-0.05, 0) is 34.7 Å². The SMILES string of the molecule is COc1ccc(NC(=O)CSc2nc(-c3ccccc3)cc(-c3ccc(C(C)(C)C)cc3)c2C#N)c([N+](=O)[O-])c1. The Morgan fingerprint density at radius 2 is 1.75 bits per heavy atom.